The second-order valence-electron chi connectivity index (χ2n) is 6.72. The fourth-order valence-electron chi connectivity index (χ4n) is 3.66. The van der Waals surface area contributed by atoms with Gasteiger partial charge in [0.05, 0.1) is 6.04 Å². The van der Waals surface area contributed by atoms with Crippen molar-refractivity contribution in [3.63, 3.8) is 0 Å². The van der Waals surface area contributed by atoms with Gasteiger partial charge in [0.2, 0.25) is 0 Å². The minimum Gasteiger partial charge on any atom is -0.377 e. The maximum Gasteiger partial charge on any atom is 0.329 e. The first-order valence-corrected chi connectivity index (χ1v) is 7.49. The van der Waals surface area contributed by atoms with Gasteiger partial charge >= 0.3 is 12.0 Å². The fraction of sp³-hybridized carbons (Fsp3) is 0.667. The van der Waals surface area contributed by atoms with Crippen LogP contribution >= 0.6 is 0 Å². The van der Waals surface area contributed by atoms with Crippen molar-refractivity contribution in [3.8, 4) is 0 Å². The molecule has 2 N–H and O–H groups in total. The maximum atomic E-state index is 12.1. The van der Waals surface area contributed by atoms with Gasteiger partial charge in [-0.2, -0.15) is 4.98 Å². The van der Waals surface area contributed by atoms with Crippen LogP contribution < -0.4 is 10.6 Å². The van der Waals surface area contributed by atoms with Crippen molar-refractivity contribution in [1.82, 2.24) is 15.5 Å². The first-order valence-electron chi connectivity index (χ1n) is 7.49. The monoisotopic (exact) mass is 306 g/mol. The number of nitrogens with zero attached hydrogens (tertiary/aromatic N) is 2. The number of methoxy groups -OCH3 is 1. The Balaban J connectivity index is 1.55. The molecule has 7 nitrogen and oxygen atoms in total. The summed E-state index contributed by atoms with van der Waals surface area (Å²) in [5.74, 6) is 1.53. The van der Waals surface area contributed by atoms with E-state index < -0.39 is 0 Å². The third kappa shape index (κ3) is 2.49. The topological polar surface area (TPSA) is 89.3 Å². The Labute approximate surface area is 129 Å². The Kier molecular flexibility index (Phi) is 3.68. The first-order chi connectivity index (χ1) is 10.4. The number of carbonyl (C=O) groups is 1. The minimum absolute atomic E-state index is 0.0122. The Hall–Kier alpha value is -1.89. The number of nitrogens with one attached hydrogen (secondary N) is 2. The number of aromatic nitrogens is 2. The van der Waals surface area contributed by atoms with E-state index in [9.17, 15) is 4.79 Å². The van der Waals surface area contributed by atoms with Crippen molar-refractivity contribution >= 4 is 12.0 Å². The van der Waals surface area contributed by atoms with Gasteiger partial charge in [-0.3, -0.25) is 5.32 Å². The lowest BCUT2D eigenvalue weighted by Gasteiger charge is -2.59. The molecule has 0 saturated heterocycles. The SMILES string of the molecule is C=C1C(NC(=O)Nc2nc(COC)no2)C[C@H]2C[C@@H]1C2(C)C. The van der Waals surface area contributed by atoms with E-state index in [0.29, 0.717) is 23.1 Å². The summed E-state index contributed by atoms with van der Waals surface area (Å²) in [5.41, 5.74) is 1.43. The van der Waals surface area contributed by atoms with E-state index in [1.807, 2.05) is 0 Å². The number of fused-ring (bicyclic) bond motifs is 2. The van der Waals surface area contributed by atoms with E-state index in [4.69, 9.17) is 9.26 Å². The van der Waals surface area contributed by atoms with E-state index in [-0.39, 0.29) is 24.7 Å². The van der Waals surface area contributed by atoms with Crippen LogP contribution in [0.4, 0.5) is 10.8 Å². The number of hydrogen-bond donors (Lipinski definition) is 2. The van der Waals surface area contributed by atoms with E-state index in [1.54, 1.807) is 0 Å². The number of hydrogen-bond acceptors (Lipinski definition) is 5. The molecule has 1 heterocycles. The molecule has 1 unspecified atom stereocenters. The highest BCUT2D eigenvalue weighted by Crippen LogP contribution is 2.60. The van der Waals surface area contributed by atoms with Gasteiger partial charge in [-0.05, 0) is 30.1 Å². The molecule has 0 radical (unpaired) electrons. The van der Waals surface area contributed by atoms with Crippen LogP contribution in [0.5, 0.6) is 0 Å². The van der Waals surface area contributed by atoms with Gasteiger partial charge in [0.15, 0.2) is 5.82 Å². The molecule has 3 atom stereocenters. The quantitative estimate of drug-likeness (QED) is 0.833. The van der Waals surface area contributed by atoms with Crippen molar-refractivity contribution in [1.29, 1.82) is 0 Å². The highest BCUT2D eigenvalue weighted by atomic mass is 16.5. The van der Waals surface area contributed by atoms with Gasteiger partial charge < -0.3 is 14.6 Å². The molecule has 2 bridgehead atoms. The number of anilines is 1. The van der Waals surface area contributed by atoms with Crippen molar-refractivity contribution in [2.45, 2.75) is 39.3 Å². The summed E-state index contributed by atoms with van der Waals surface area (Å²) in [6.07, 6.45) is 2.13. The van der Waals surface area contributed by atoms with Gasteiger partial charge in [0.1, 0.15) is 6.61 Å². The number of urea groups is 1. The molecule has 22 heavy (non-hydrogen) atoms. The Morgan fingerprint density at radius 1 is 1.50 bits per heavy atom. The molecular weight excluding hydrogens is 284 g/mol. The van der Waals surface area contributed by atoms with Crippen LogP contribution in [-0.4, -0.2) is 29.3 Å². The van der Waals surface area contributed by atoms with Crippen molar-refractivity contribution in [2.75, 3.05) is 12.4 Å². The van der Waals surface area contributed by atoms with Gasteiger partial charge in [-0.1, -0.05) is 31.2 Å². The van der Waals surface area contributed by atoms with Crippen LogP contribution in [0.3, 0.4) is 0 Å². The summed E-state index contributed by atoms with van der Waals surface area (Å²) in [6, 6.07) is -0.271. The largest absolute Gasteiger partial charge is 0.377 e. The predicted molar refractivity (Wildman–Crippen MR) is 80.1 cm³/mol. The second-order valence-corrected chi connectivity index (χ2v) is 6.72. The molecule has 1 aromatic rings. The van der Waals surface area contributed by atoms with Gasteiger partial charge in [0, 0.05) is 7.11 Å². The minimum atomic E-state index is -0.349. The van der Waals surface area contributed by atoms with Crippen molar-refractivity contribution in [3.05, 3.63) is 18.0 Å². The molecule has 2 amide bonds. The maximum absolute atomic E-state index is 12.1. The normalized spacial score (nSPS) is 28.9. The number of carbonyl (C=O) groups excluding carboxylic acids is 1. The lowest BCUT2D eigenvalue weighted by Crippen LogP contribution is -2.57. The fourth-order valence-corrected chi connectivity index (χ4v) is 3.66. The number of rotatable bonds is 4. The molecule has 1 aromatic heterocycles. The molecule has 4 rings (SSSR count). The van der Waals surface area contributed by atoms with Gasteiger partial charge in [-0.15, -0.1) is 0 Å². The van der Waals surface area contributed by atoms with Crippen molar-refractivity contribution < 1.29 is 14.1 Å². The molecule has 0 aromatic carbocycles. The molecule has 3 aliphatic carbocycles. The van der Waals surface area contributed by atoms with E-state index in [2.05, 4.69) is 41.2 Å². The summed E-state index contributed by atoms with van der Waals surface area (Å²) in [5, 5.41) is 9.19. The molecular formula is C15H22N4O3. The van der Waals surface area contributed by atoms with Crippen LogP contribution in [-0.2, 0) is 11.3 Å². The highest BCUT2D eigenvalue weighted by Gasteiger charge is 2.54. The number of ether oxygens (including phenoxy) is 1. The zero-order chi connectivity index (χ0) is 15.9. The molecule has 7 heteroatoms. The van der Waals surface area contributed by atoms with Crippen LogP contribution in [0.25, 0.3) is 0 Å². The smallest absolute Gasteiger partial charge is 0.329 e. The average molecular weight is 306 g/mol. The third-order valence-electron chi connectivity index (χ3n) is 5.15. The first kappa shape index (κ1) is 15.0. The highest BCUT2D eigenvalue weighted by molar-refractivity contribution is 5.87. The lowest BCUT2D eigenvalue weighted by atomic mass is 9.46. The molecule has 0 spiro atoms. The van der Waals surface area contributed by atoms with Crippen LogP contribution in [0, 0.1) is 17.3 Å². The lowest BCUT2D eigenvalue weighted by molar-refractivity contribution is -0.0367. The molecule has 3 aliphatic rings. The summed E-state index contributed by atoms with van der Waals surface area (Å²) in [6.45, 7) is 8.99. The summed E-state index contributed by atoms with van der Waals surface area (Å²) in [4.78, 5) is 16.1. The van der Waals surface area contributed by atoms with E-state index in [0.717, 1.165) is 12.0 Å². The zero-order valence-corrected chi connectivity index (χ0v) is 13.2. The summed E-state index contributed by atoms with van der Waals surface area (Å²) >= 11 is 0. The van der Waals surface area contributed by atoms with E-state index in [1.165, 1.54) is 13.5 Å². The van der Waals surface area contributed by atoms with E-state index >= 15 is 0 Å². The van der Waals surface area contributed by atoms with Gasteiger partial charge in [-0.25, -0.2) is 4.79 Å². The average Bonchev–Trinajstić information content (AvgIpc) is 2.88. The predicted octanol–water partition coefficient (Wildman–Crippen LogP) is 2.33. The van der Waals surface area contributed by atoms with Crippen molar-refractivity contribution in [2.24, 2.45) is 17.3 Å². The van der Waals surface area contributed by atoms with Gasteiger partial charge in [0.25, 0.3) is 0 Å². The molecule has 3 saturated carbocycles. The number of amides is 2. The van der Waals surface area contributed by atoms with Crippen LogP contribution in [0.15, 0.2) is 16.7 Å². The summed E-state index contributed by atoms with van der Waals surface area (Å²) < 4.78 is 9.82. The van der Waals surface area contributed by atoms with Crippen LogP contribution in [0.1, 0.15) is 32.5 Å². The summed E-state index contributed by atoms with van der Waals surface area (Å²) in [7, 11) is 1.54. The van der Waals surface area contributed by atoms with Crippen LogP contribution in [0.2, 0.25) is 0 Å². The molecule has 0 aliphatic heterocycles. The second kappa shape index (κ2) is 5.39. The molecule has 120 valence electrons. The Bertz CT molecular complexity index is 595. The third-order valence-corrected chi connectivity index (χ3v) is 5.15. The standard InChI is InChI=1S/C15H22N4O3/c1-8-10-5-9(15(10,2)3)6-11(8)16-13(20)18-14-17-12(7-21-4)19-22-14/h9-11H,1,5-7H2,2-4H3,(H2,16,17,18,19,20)/t9-,10+,11?/m1/s1. The zero-order valence-electron chi connectivity index (χ0n) is 13.2. The Morgan fingerprint density at radius 2 is 2.27 bits per heavy atom. The molecule has 3 fully saturated rings. The Morgan fingerprint density at radius 3 is 2.91 bits per heavy atom.